The second kappa shape index (κ2) is 11.5. The van der Waals surface area contributed by atoms with Gasteiger partial charge in [-0.15, -0.1) is 0 Å². The van der Waals surface area contributed by atoms with Gasteiger partial charge in [0.05, 0.1) is 0 Å². The Morgan fingerprint density at radius 2 is 1.68 bits per heavy atom. The molecule has 0 bridgehead atoms. The van der Waals surface area contributed by atoms with Crippen LogP contribution in [0.15, 0.2) is 108 Å². The maximum absolute atomic E-state index is 11.0. The van der Waals surface area contributed by atoms with Crippen LogP contribution in [0.5, 0.6) is 0 Å². The van der Waals surface area contributed by atoms with Crippen molar-refractivity contribution < 1.29 is 9.90 Å². The van der Waals surface area contributed by atoms with Crippen LogP contribution in [0, 0.1) is 10.7 Å². The van der Waals surface area contributed by atoms with E-state index in [1.807, 2.05) is 11.8 Å². The van der Waals surface area contributed by atoms with Gasteiger partial charge in [-0.05, 0) is 0 Å². The summed E-state index contributed by atoms with van der Waals surface area (Å²) in [5, 5.41) is 9.07. The number of carboxylic acid groups (broad SMARTS) is 1. The van der Waals surface area contributed by atoms with Crippen LogP contribution in [-0.2, 0) is 11.2 Å². The van der Waals surface area contributed by atoms with E-state index in [4.69, 9.17) is 5.11 Å². The Morgan fingerprint density at radius 1 is 0.947 bits per heavy atom. The molecule has 188 valence electrons. The summed E-state index contributed by atoms with van der Waals surface area (Å²) in [6.07, 6.45) is 3.39. The Bertz CT molecular complexity index is 1540. The molecule has 2 nitrogen and oxygen atoms in total. The van der Waals surface area contributed by atoms with Gasteiger partial charge in [-0.1, -0.05) is 30.3 Å². The normalized spacial score (nSPS) is 13.6. The Labute approximate surface area is 235 Å². The Hall–Kier alpha value is -3.48. The molecule has 0 saturated heterocycles. The van der Waals surface area contributed by atoms with E-state index in [9.17, 15) is 4.79 Å². The van der Waals surface area contributed by atoms with Crippen molar-refractivity contribution in [3.63, 3.8) is 0 Å². The molecule has 1 aliphatic rings. The van der Waals surface area contributed by atoms with Gasteiger partial charge < -0.3 is 0 Å². The molecule has 5 rings (SSSR count). The second-order valence-corrected chi connectivity index (χ2v) is 12.8. The summed E-state index contributed by atoms with van der Waals surface area (Å²) in [7, 11) is 0. The van der Waals surface area contributed by atoms with Gasteiger partial charge in [-0.3, -0.25) is 0 Å². The topological polar surface area (TPSA) is 37.3 Å². The molecule has 1 aliphatic carbocycles. The minimum atomic E-state index is -0.920. The molecule has 0 aromatic heterocycles. The van der Waals surface area contributed by atoms with Crippen LogP contribution >= 0.6 is 11.8 Å². The first-order valence-electron chi connectivity index (χ1n) is 12.5. The van der Waals surface area contributed by atoms with Crippen molar-refractivity contribution in [1.29, 1.82) is 0 Å². The fourth-order valence-corrected chi connectivity index (χ4v) is 6.66. The van der Waals surface area contributed by atoms with Crippen molar-refractivity contribution in [3.05, 3.63) is 137 Å². The van der Waals surface area contributed by atoms with E-state index in [-0.39, 0.29) is 25.9 Å². The van der Waals surface area contributed by atoms with E-state index < -0.39 is 5.97 Å². The molecule has 4 aromatic rings. The van der Waals surface area contributed by atoms with Gasteiger partial charge in [0.2, 0.25) is 0 Å². The summed E-state index contributed by atoms with van der Waals surface area (Å²) < 4.78 is 1.26. The standard InChI is InChI=1S/C34H28O2SSe/c1-34(2)20-18-30(26-12-14-28(15-13-26)37-23-25-6-4-3-5-7-25)31-17-16-29(22-32(31)34)38-21-19-24-8-10-27(11-9-24)33(35)36/h3-18,22H,20,23H2,1-2H3,(H,35,36). The van der Waals surface area contributed by atoms with Gasteiger partial charge in [0.15, 0.2) is 0 Å². The van der Waals surface area contributed by atoms with E-state index in [1.165, 1.54) is 37.2 Å². The number of thioether (sulfide) groups is 1. The molecular weight excluding hydrogens is 551 g/mol. The van der Waals surface area contributed by atoms with Crippen LogP contribution in [0.2, 0.25) is 0 Å². The number of rotatable bonds is 6. The molecule has 4 heteroatoms. The van der Waals surface area contributed by atoms with Crippen molar-refractivity contribution in [2.24, 2.45) is 0 Å². The summed E-state index contributed by atoms with van der Waals surface area (Å²) in [6.45, 7) is 4.63. The van der Waals surface area contributed by atoms with E-state index in [0.29, 0.717) is 0 Å². The first-order valence-corrected chi connectivity index (χ1v) is 15.2. The number of hydrogen-bond acceptors (Lipinski definition) is 2. The van der Waals surface area contributed by atoms with Crippen LogP contribution in [-0.4, -0.2) is 26.0 Å². The van der Waals surface area contributed by atoms with Crippen LogP contribution in [0.1, 0.15) is 58.4 Å². The molecule has 0 spiro atoms. The van der Waals surface area contributed by atoms with Crippen molar-refractivity contribution in [2.45, 2.75) is 36.3 Å². The maximum atomic E-state index is 11.0. The number of hydrogen-bond donors (Lipinski definition) is 1. The SMILES string of the molecule is CC1(C)CC=C(c2ccc(SCc3ccccc3)cc2)c2ccc([Se]C#Cc3ccc(C(=O)O)cc3)cc21. The summed E-state index contributed by atoms with van der Waals surface area (Å²) in [5.74, 6) is 3.25. The predicted octanol–water partition coefficient (Wildman–Crippen LogP) is 7.13. The molecule has 0 fully saturated rings. The Balaban J connectivity index is 1.32. The zero-order valence-corrected chi connectivity index (χ0v) is 23.9. The number of fused-ring (bicyclic) bond motifs is 1. The van der Waals surface area contributed by atoms with Gasteiger partial charge in [0.25, 0.3) is 0 Å². The van der Waals surface area contributed by atoms with Gasteiger partial charge in [0, 0.05) is 0 Å². The Morgan fingerprint density at radius 3 is 2.39 bits per heavy atom. The zero-order valence-electron chi connectivity index (χ0n) is 21.4. The number of aromatic carboxylic acids is 1. The van der Waals surface area contributed by atoms with Gasteiger partial charge in [0.1, 0.15) is 0 Å². The molecule has 38 heavy (non-hydrogen) atoms. The van der Waals surface area contributed by atoms with Crippen molar-refractivity contribution in [1.82, 2.24) is 0 Å². The Kier molecular flexibility index (Phi) is 7.91. The molecule has 1 N–H and O–H groups in total. The van der Waals surface area contributed by atoms with Gasteiger partial charge >= 0.3 is 206 Å². The summed E-state index contributed by atoms with van der Waals surface area (Å²) in [5.41, 5.74) is 7.78. The zero-order chi connectivity index (χ0) is 26.5. The third-order valence-electron chi connectivity index (χ3n) is 6.74. The minimum absolute atomic E-state index is 0.00945. The predicted molar refractivity (Wildman–Crippen MR) is 159 cm³/mol. The van der Waals surface area contributed by atoms with E-state index in [2.05, 4.69) is 103 Å². The average Bonchev–Trinajstić information content (AvgIpc) is 2.93. The summed E-state index contributed by atoms with van der Waals surface area (Å²) in [4.78, 5) is 15.7. The van der Waals surface area contributed by atoms with Crippen LogP contribution in [0.4, 0.5) is 0 Å². The van der Waals surface area contributed by atoms with Crippen LogP contribution in [0.3, 0.4) is 0 Å². The molecule has 0 heterocycles. The monoisotopic (exact) mass is 580 g/mol. The van der Waals surface area contributed by atoms with Crippen molar-refractivity contribution in [2.75, 3.05) is 0 Å². The van der Waals surface area contributed by atoms with E-state index in [1.54, 1.807) is 24.3 Å². The third-order valence-corrected chi connectivity index (χ3v) is 9.28. The number of carbonyl (C=O) groups is 1. The molecule has 0 amide bonds. The number of benzene rings is 4. The molecule has 0 atom stereocenters. The number of carboxylic acids is 1. The third kappa shape index (κ3) is 6.14. The molecule has 0 unspecified atom stereocenters. The van der Waals surface area contributed by atoms with Crippen molar-refractivity contribution >= 4 is 42.7 Å². The summed E-state index contributed by atoms with van der Waals surface area (Å²) in [6, 6.07) is 33.1. The average molecular weight is 580 g/mol. The second-order valence-electron chi connectivity index (χ2n) is 9.92. The molecular formula is C34H28O2SSe. The first-order chi connectivity index (χ1) is 18.4. The number of allylic oxidation sites excluding steroid dienone is 1. The van der Waals surface area contributed by atoms with E-state index >= 15 is 0 Å². The van der Waals surface area contributed by atoms with Crippen LogP contribution in [0.25, 0.3) is 5.57 Å². The molecule has 0 saturated carbocycles. The fourth-order valence-electron chi connectivity index (χ4n) is 4.54. The molecule has 0 radical (unpaired) electrons. The van der Waals surface area contributed by atoms with Crippen LogP contribution < -0.4 is 4.46 Å². The van der Waals surface area contributed by atoms with Crippen molar-refractivity contribution in [3.8, 4) is 10.7 Å². The van der Waals surface area contributed by atoms with E-state index in [0.717, 1.165) is 17.7 Å². The molecule has 0 aliphatic heterocycles. The quantitative estimate of drug-likeness (QED) is 0.150. The fraction of sp³-hybridized carbons (Fsp3) is 0.147. The first kappa shape index (κ1) is 26.1. The van der Waals surface area contributed by atoms with Gasteiger partial charge in [-0.25, -0.2) is 0 Å². The summed E-state index contributed by atoms with van der Waals surface area (Å²) >= 11 is 1.88. The molecule has 4 aromatic carbocycles. The van der Waals surface area contributed by atoms with Gasteiger partial charge in [-0.2, -0.15) is 0 Å².